The van der Waals surface area contributed by atoms with E-state index in [-0.39, 0.29) is 11.2 Å². The highest BCUT2D eigenvalue weighted by atomic mass is 32.2. The van der Waals surface area contributed by atoms with E-state index in [4.69, 9.17) is 0 Å². The second-order valence-electron chi connectivity index (χ2n) is 4.79. The van der Waals surface area contributed by atoms with E-state index in [1.807, 2.05) is 0 Å². The Balaban J connectivity index is 2.31. The fourth-order valence-corrected chi connectivity index (χ4v) is 2.52. The molecule has 1 heterocycles. The van der Waals surface area contributed by atoms with Crippen LogP contribution in [0, 0.1) is 5.41 Å². The second kappa shape index (κ2) is 4.36. The molecule has 1 aliphatic rings. The van der Waals surface area contributed by atoms with E-state index >= 15 is 0 Å². The summed E-state index contributed by atoms with van der Waals surface area (Å²) in [5.41, 5.74) is 0.322. The van der Waals surface area contributed by atoms with Gasteiger partial charge in [-0.2, -0.15) is 0 Å². The monoisotopic (exact) mass is 201 g/mol. The van der Waals surface area contributed by atoms with Crippen LogP contribution >= 0.6 is 11.8 Å². The topological polar surface area (TPSA) is 29.1 Å². The molecule has 1 fully saturated rings. The van der Waals surface area contributed by atoms with Crippen LogP contribution in [0.4, 0.5) is 0 Å². The molecule has 1 unspecified atom stereocenters. The molecule has 1 N–H and O–H groups in total. The molecule has 0 aromatic rings. The van der Waals surface area contributed by atoms with E-state index < -0.39 is 0 Å². The standard InChI is InChI=1S/C10H19NOS/c1-10(2,3)7-13-8-5-4-6-11-9(8)12/h8H,4-7H2,1-3H3,(H,11,12). The summed E-state index contributed by atoms with van der Waals surface area (Å²) in [6.45, 7) is 7.49. The Morgan fingerprint density at radius 3 is 2.77 bits per heavy atom. The predicted molar refractivity (Wildman–Crippen MR) is 57.9 cm³/mol. The Morgan fingerprint density at radius 1 is 1.54 bits per heavy atom. The summed E-state index contributed by atoms with van der Waals surface area (Å²) in [5, 5.41) is 3.11. The zero-order valence-electron chi connectivity index (χ0n) is 8.72. The average molecular weight is 201 g/mol. The Hall–Kier alpha value is -0.180. The minimum atomic E-state index is 0.202. The van der Waals surface area contributed by atoms with Crippen molar-refractivity contribution in [1.82, 2.24) is 5.32 Å². The van der Waals surface area contributed by atoms with E-state index in [1.54, 1.807) is 11.8 Å². The molecule has 1 amide bonds. The zero-order valence-corrected chi connectivity index (χ0v) is 9.54. The number of nitrogens with one attached hydrogen (secondary N) is 1. The minimum Gasteiger partial charge on any atom is -0.355 e. The fraction of sp³-hybridized carbons (Fsp3) is 0.900. The molecular weight excluding hydrogens is 182 g/mol. The second-order valence-corrected chi connectivity index (χ2v) is 5.98. The molecule has 1 saturated heterocycles. The van der Waals surface area contributed by atoms with Crippen LogP contribution in [0.15, 0.2) is 0 Å². The third-order valence-corrected chi connectivity index (χ3v) is 3.84. The Morgan fingerprint density at radius 2 is 2.23 bits per heavy atom. The zero-order chi connectivity index (χ0) is 9.90. The molecular formula is C10H19NOS. The molecule has 2 nitrogen and oxygen atoms in total. The number of carbonyl (C=O) groups is 1. The summed E-state index contributed by atoms with van der Waals surface area (Å²) in [5.74, 6) is 1.30. The van der Waals surface area contributed by atoms with Crippen molar-refractivity contribution in [1.29, 1.82) is 0 Å². The Kier molecular flexibility index (Phi) is 3.65. The van der Waals surface area contributed by atoms with Gasteiger partial charge in [0.05, 0.1) is 5.25 Å². The number of amides is 1. The van der Waals surface area contributed by atoms with Crippen LogP contribution in [0.25, 0.3) is 0 Å². The lowest BCUT2D eigenvalue weighted by Gasteiger charge is -2.25. The number of rotatable bonds is 2. The van der Waals surface area contributed by atoms with Gasteiger partial charge in [0.15, 0.2) is 0 Å². The van der Waals surface area contributed by atoms with Crippen molar-refractivity contribution in [3.63, 3.8) is 0 Å². The van der Waals surface area contributed by atoms with E-state index in [9.17, 15) is 4.79 Å². The smallest absolute Gasteiger partial charge is 0.233 e. The quantitative estimate of drug-likeness (QED) is 0.741. The molecule has 0 radical (unpaired) electrons. The molecule has 0 aromatic carbocycles. The molecule has 1 rings (SSSR count). The average Bonchev–Trinajstić information content (AvgIpc) is 2.01. The maximum Gasteiger partial charge on any atom is 0.233 e. The lowest BCUT2D eigenvalue weighted by atomic mass is 10.0. The summed E-state index contributed by atoms with van der Waals surface area (Å²) in [6.07, 6.45) is 2.18. The van der Waals surface area contributed by atoms with Gasteiger partial charge in [-0.15, -0.1) is 11.8 Å². The van der Waals surface area contributed by atoms with E-state index in [0.717, 1.165) is 25.1 Å². The normalized spacial score (nSPS) is 24.2. The lowest BCUT2D eigenvalue weighted by Crippen LogP contribution is -2.38. The fourth-order valence-electron chi connectivity index (χ4n) is 1.25. The van der Waals surface area contributed by atoms with Crippen molar-refractivity contribution >= 4 is 17.7 Å². The molecule has 13 heavy (non-hydrogen) atoms. The number of hydrogen-bond donors (Lipinski definition) is 1. The number of hydrogen-bond acceptors (Lipinski definition) is 2. The molecule has 0 saturated carbocycles. The lowest BCUT2D eigenvalue weighted by molar-refractivity contribution is -0.121. The van der Waals surface area contributed by atoms with Crippen LogP contribution in [0.2, 0.25) is 0 Å². The summed E-state index contributed by atoms with van der Waals surface area (Å²) < 4.78 is 0. The molecule has 0 aromatic heterocycles. The van der Waals surface area contributed by atoms with Crippen LogP contribution in [0.3, 0.4) is 0 Å². The molecule has 3 heteroatoms. The molecule has 0 spiro atoms. The van der Waals surface area contributed by atoms with Crippen molar-refractivity contribution in [2.45, 2.75) is 38.9 Å². The highest BCUT2D eigenvalue weighted by molar-refractivity contribution is 8.00. The van der Waals surface area contributed by atoms with Gasteiger partial charge >= 0.3 is 0 Å². The van der Waals surface area contributed by atoms with Gasteiger partial charge in [0.2, 0.25) is 5.91 Å². The Labute approximate surface area is 84.9 Å². The number of carbonyl (C=O) groups excluding carboxylic acids is 1. The van der Waals surface area contributed by atoms with E-state index in [1.165, 1.54) is 0 Å². The maximum atomic E-state index is 11.4. The summed E-state index contributed by atoms with van der Waals surface area (Å²) in [6, 6.07) is 0. The summed E-state index contributed by atoms with van der Waals surface area (Å²) in [4.78, 5) is 11.4. The van der Waals surface area contributed by atoms with Crippen LogP contribution in [-0.2, 0) is 4.79 Å². The van der Waals surface area contributed by atoms with Crippen molar-refractivity contribution in [2.24, 2.45) is 5.41 Å². The summed E-state index contributed by atoms with van der Waals surface area (Å²) in [7, 11) is 0. The Bertz CT molecular complexity index is 186. The minimum absolute atomic E-state index is 0.202. The number of thioether (sulfide) groups is 1. The molecule has 1 aliphatic heterocycles. The van der Waals surface area contributed by atoms with Crippen molar-refractivity contribution < 1.29 is 4.79 Å². The first-order chi connectivity index (χ1) is 5.99. The highest BCUT2D eigenvalue weighted by Gasteiger charge is 2.24. The van der Waals surface area contributed by atoms with Gasteiger partial charge in [-0.1, -0.05) is 20.8 Å². The van der Waals surface area contributed by atoms with Crippen molar-refractivity contribution in [3.8, 4) is 0 Å². The largest absolute Gasteiger partial charge is 0.355 e. The highest BCUT2D eigenvalue weighted by Crippen LogP contribution is 2.27. The van der Waals surface area contributed by atoms with E-state index in [2.05, 4.69) is 26.1 Å². The van der Waals surface area contributed by atoms with Gasteiger partial charge < -0.3 is 5.32 Å². The van der Waals surface area contributed by atoms with Gasteiger partial charge in [0, 0.05) is 6.54 Å². The molecule has 76 valence electrons. The molecule has 1 atom stereocenters. The third kappa shape index (κ3) is 4.03. The van der Waals surface area contributed by atoms with Crippen molar-refractivity contribution in [3.05, 3.63) is 0 Å². The van der Waals surface area contributed by atoms with Gasteiger partial charge in [0.25, 0.3) is 0 Å². The van der Waals surface area contributed by atoms with Gasteiger partial charge in [-0.05, 0) is 24.0 Å². The maximum absolute atomic E-state index is 11.4. The van der Waals surface area contributed by atoms with Gasteiger partial charge in [0.1, 0.15) is 0 Å². The third-order valence-electron chi connectivity index (χ3n) is 1.95. The van der Waals surface area contributed by atoms with Crippen molar-refractivity contribution in [2.75, 3.05) is 12.3 Å². The number of piperidine rings is 1. The van der Waals surface area contributed by atoms with Gasteiger partial charge in [-0.25, -0.2) is 0 Å². The van der Waals surface area contributed by atoms with Crippen LogP contribution in [0.1, 0.15) is 33.6 Å². The van der Waals surface area contributed by atoms with E-state index in [0.29, 0.717) is 5.41 Å². The first-order valence-electron chi connectivity index (χ1n) is 4.88. The predicted octanol–water partition coefficient (Wildman–Crippen LogP) is 2.04. The van der Waals surface area contributed by atoms with Gasteiger partial charge in [-0.3, -0.25) is 4.79 Å². The SMILES string of the molecule is CC(C)(C)CSC1CCCNC1=O. The molecule has 0 bridgehead atoms. The molecule has 0 aliphatic carbocycles. The van der Waals surface area contributed by atoms with Crippen LogP contribution < -0.4 is 5.32 Å². The van der Waals surface area contributed by atoms with Crippen LogP contribution in [0.5, 0.6) is 0 Å². The first-order valence-corrected chi connectivity index (χ1v) is 5.93. The first kappa shape index (κ1) is 10.9. The van der Waals surface area contributed by atoms with Crippen LogP contribution in [-0.4, -0.2) is 23.5 Å². The summed E-state index contributed by atoms with van der Waals surface area (Å²) >= 11 is 1.80.